The Morgan fingerprint density at radius 3 is 2.00 bits per heavy atom. The molecule has 0 bridgehead atoms. The van der Waals surface area contributed by atoms with Gasteiger partial charge in [-0.25, -0.2) is 13.2 Å². The van der Waals surface area contributed by atoms with Crippen molar-refractivity contribution in [2.45, 2.75) is 31.2 Å². The van der Waals surface area contributed by atoms with E-state index >= 15 is 0 Å². The first-order chi connectivity index (χ1) is 8.08. The Morgan fingerprint density at radius 1 is 1.11 bits per heavy atom. The van der Waals surface area contributed by atoms with Crippen LogP contribution in [0, 0.1) is 0 Å². The predicted octanol–water partition coefficient (Wildman–Crippen LogP) is 2.01. The van der Waals surface area contributed by atoms with Crippen LogP contribution in [-0.4, -0.2) is 26.2 Å². The SMILES string of the molecule is CC(C)(C)NC(=O)Nc1ccc(S(C)(=O)=O)cc1. The van der Waals surface area contributed by atoms with E-state index in [4.69, 9.17) is 0 Å². The van der Waals surface area contributed by atoms with E-state index in [1.165, 1.54) is 12.1 Å². The standard InChI is InChI=1S/C12H18N2O3S/c1-12(2,3)14-11(15)13-9-5-7-10(8-6-9)18(4,16)17/h5-8H,1-4H3,(H2,13,14,15). The topological polar surface area (TPSA) is 75.3 Å². The summed E-state index contributed by atoms with van der Waals surface area (Å²) in [5.74, 6) is 0. The smallest absolute Gasteiger partial charge is 0.319 e. The number of rotatable bonds is 2. The van der Waals surface area contributed by atoms with Crippen LogP contribution < -0.4 is 10.6 Å². The molecule has 0 unspecified atom stereocenters. The van der Waals surface area contributed by atoms with Crippen LogP contribution in [0.2, 0.25) is 0 Å². The molecular formula is C12H18N2O3S. The molecule has 6 heteroatoms. The average molecular weight is 270 g/mol. The number of carbonyl (C=O) groups is 1. The summed E-state index contributed by atoms with van der Waals surface area (Å²) >= 11 is 0. The zero-order chi connectivity index (χ0) is 14.0. The van der Waals surface area contributed by atoms with Gasteiger partial charge in [0.05, 0.1) is 4.90 Å². The Balaban J connectivity index is 2.73. The quantitative estimate of drug-likeness (QED) is 0.863. The van der Waals surface area contributed by atoms with Crippen LogP contribution in [-0.2, 0) is 9.84 Å². The molecule has 0 spiro atoms. The van der Waals surface area contributed by atoms with Gasteiger partial charge in [-0.3, -0.25) is 0 Å². The predicted molar refractivity (Wildman–Crippen MR) is 71.5 cm³/mol. The highest BCUT2D eigenvalue weighted by Crippen LogP contribution is 2.13. The lowest BCUT2D eigenvalue weighted by molar-refractivity contribution is 0.244. The van der Waals surface area contributed by atoms with Gasteiger partial charge in [-0.05, 0) is 45.0 Å². The lowest BCUT2D eigenvalue weighted by Crippen LogP contribution is -2.43. The second-order valence-electron chi connectivity index (χ2n) is 5.13. The highest BCUT2D eigenvalue weighted by Gasteiger charge is 2.13. The van der Waals surface area contributed by atoms with Crippen LogP contribution in [0.1, 0.15) is 20.8 Å². The third kappa shape index (κ3) is 4.75. The van der Waals surface area contributed by atoms with Crippen LogP contribution in [0.3, 0.4) is 0 Å². The van der Waals surface area contributed by atoms with E-state index in [0.29, 0.717) is 5.69 Å². The lowest BCUT2D eigenvalue weighted by atomic mass is 10.1. The molecule has 0 saturated carbocycles. The monoisotopic (exact) mass is 270 g/mol. The molecule has 2 amide bonds. The minimum absolute atomic E-state index is 0.226. The zero-order valence-electron chi connectivity index (χ0n) is 10.9. The molecule has 5 nitrogen and oxygen atoms in total. The zero-order valence-corrected chi connectivity index (χ0v) is 11.8. The van der Waals surface area contributed by atoms with Crippen molar-refractivity contribution in [2.75, 3.05) is 11.6 Å². The van der Waals surface area contributed by atoms with Crippen LogP contribution in [0.25, 0.3) is 0 Å². The van der Waals surface area contributed by atoms with E-state index in [0.717, 1.165) is 6.26 Å². The molecular weight excluding hydrogens is 252 g/mol. The average Bonchev–Trinajstić information content (AvgIpc) is 2.13. The summed E-state index contributed by atoms with van der Waals surface area (Å²) in [6, 6.07) is 5.70. The fraction of sp³-hybridized carbons (Fsp3) is 0.417. The van der Waals surface area contributed by atoms with Crippen LogP contribution in [0.4, 0.5) is 10.5 Å². The van der Waals surface area contributed by atoms with E-state index in [2.05, 4.69) is 10.6 Å². The third-order valence-corrected chi connectivity index (χ3v) is 3.16. The number of hydrogen-bond acceptors (Lipinski definition) is 3. The van der Waals surface area contributed by atoms with Gasteiger partial charge in [-0.1, -0.05) is 0 Å². The van der Waals surface area contributed by atoms with Gasteiger partial charge in [0.25, 0.3) is 0 Å². The molecule has 0 aliphatic rings. The van der Waals surface area contributed by atoms with Gasteiger partial charge in [0.1, 0.15) is 0 Å². The lowest BCUT2D eigenvalue weighted by Gasteiger charge is -2.20. The van der Waals surface area contributed by atoms with Crippen molar-refractivity contribution in [2.24, 2.45) is 0 Å². The largest absolute Gasteiger partial charge is 0.333 e. The minimum atomic E-state index is -3.21. The third-order valence-electron chi connectivity index (χ3n) is 2.03. The van der Waals surface area contributed by atoms with E-state index in [-0.39, 0.29) is 16.5 Å². The molecule has 0 saturated heterocycles. The highest BCUT2D eigenvalue weighted by atomic mass is 32.2. The van der Waals surface area contributed by atoms with Crippen LogP contribution >= 0.6 is 0 Å². The van der Waals surface area contributed by atoms with Gasteiger partial charge in [-0.15, -0.1) is 0 Å². The number of urea groups is 1. The molecule has 0 aliphatic heterocycles. The molecule has 1 rings (SSSR count). The molecule has 0 heterocycles. The maximum absolute atomic E-state index is 11.6. The summed E-state index contributed by atoms with van der Waals surface area (Å²) in [5, 5.41) is 5.38. The van der Waals surface area contributed by atoms with E-state index in [1.807, 2.05) is 20.8 Å². The number of nitrogens with one attached hydrogen (secondary N) is 2. The molecule has 0 aromatic heterocycles. The molecule has 100 valence electrons. The van der Waals surface area contributed by atoms with Crippen molar-refractivity contribution >= 4 is 21.6 Å². The number of anilines is 1. The Kier molecular flexibility index (Phi) is 4.01. The first-order valence-electron chi connectivity index (χ1n) is 5.47. The number of hydrogen-bond donors (Lipinski definition) is 2. The van der Waals surface area contributed by atoms with Crippen molar-refractivity contribution in [3.05, 3.63) is 24.3 Å². The summed E-state index contributed by atoms with van der Waals surface area (Å²) in [5.41, 5.74) is 0.223. The van der Waals surface area contributed by atoms with Gasteiger partial charge in [0, 0.05) is 17.5 Å². The van der Waals surface area contributed by atoms with Crippen molar-refractivity contribution in [3.8, 4) is 0 Å². The summed E-state index contributed by atoms with van der Waals surface area (Å²) < 4.78 is 22.5. The molecule has 0 atom stereocenters. The van der Waals surface area contributed by atoms with E-state index in [9.17, 15) is 13.2 Å². The van der Waals surface area contributed by atoms with Crippen LogP contribution in [0.5, 0.6) is 0 Å². The number of sulfone groups is 1. The second kappa shape index (κ2) is 4.97. The van der Waals surface area contributed by atoms with E-state index < -0.39 is 9.84 Å². The molecule has 2 N–H and O–H groups in total. The molecule has 0 aliphatic carbocycles. The summed E-state index contributed by atoms with van der Waals surface area (Å²) in [6.07, 6.45) is 1.14. The van der Waals surface area contributed by atoms with Gasteiger partial charge < -0.3 is 10.6 Å². The number of benzene rings is 1. The Bertz CT molecular complexity index is 527. The molecule has 0 radical (unpaired) electrons. The van der Waals surface area contributed by atoms with Gasteiger partial charge in [0.2, 0.25) is 0 Å². The molecule has 1 aromatic rings. The number of amides is 2. The van der Waals surface area contributed by atoms with Gasteiger partial charge >= 0.3 is 6.03 Å². The van der Waals surface area contributed by atoms with Crippen molar-refractivity contribution in [1.29, 1.82) is 0 Å². The first-order valence-corrected chi connectivity index (χ1v) is 7.36. The van der Waals surface area contributed by atoms with Crippen LogP contribution in [0.15, 0.2) is 29.2 Å². The maximum Gasteiger partial charge on any atom is 0.319 e. The van der Waals surface area contributed by atoms with Crippen molar-refractivity contribution in [1.82, 2.24) is 5.32 Å². The highest BCUT2D eigenvalue weighted by molar-refractivity contribution is 7.90. The minimum Gasteiger partial charge on any atom is -0.333 e. The van der Waals surface area contributed by atoms with Gasteiger partial charge in [0.15, 0.2) is 9.84 Å². The van der Waals surface area contributed by atoms with E-state index in [1.54, 1.807) is 12.1 Å². The molecule has 18 heavy (non-hydrogen) atoms. The fourth-order valence-electron chi connectivity index (χ4n) is 1.29. The Labute approximate surface area is 108 Å². The van der Waals surface area contributed by atoms with Gasteiger partial charge in [-0.2, -0.15) is 0 Å². The maximum atomic E-state index is 11.6. The van der Waals surface area contributed by atoms with Crippen molar-refractivity contribution < 1.29 is 13.2 Å². The van der Waals surface area contributed by atoms with Crippen molar-refractivity contribution in [3.63, 3.8) is 0 Å². The normalized spacial score (nSPS) is 12.0. The first kappa shape index (κ1) is 14.5. The number of carbonyl (C=O) groups excluding carboxylic acids is 1. The second-order valence-corrected chi connectivity index (χ2v) is 7.14. The summed E-state index contributed by atoms with van der Waals surface area (Å²) in [7, 11) is -3.21. The summed E-state index contributed by atoms with van der Waals surface area (Å²) in [4.78, 5) is 11.8. The molecule has 0 fully saturated rings. The molecule has 1 aromatic carbocycles. The fourth-order valence-corrected chi connectivity index (χ4v) is 1.92. The summed E-state index contributed by atoms with van der Waals surface area (Å²) in [6.45, 7) is 5.62. The Hall–Kier alpha value is -1.56. The Morgan fingerprint density at radius 2 is 1.61 bits per heavy atom.